The Kier molecular flexibility index (Phi) is 3.78. The maximum absolute atomic E-state index is 8.66. The fraction of sp³-hybridized carbons (Fsp3) is 0.250. The highest BCUT2D eigenvalue weighted by molar-refractivity contribution is 5.52. The molecule has 0 N–H and O–H groups in total. The molecule has 0 aliphatic rings. The average molecular weight is 171 g/mol. The van der Waals surface area contributed by atoms with Gasteiger partial charge in [-0.15, -0.1) is 0 Å². The van der Waals surface area contributed by atoms with Crippen LogP contribution in [-0.2, 0) is 0 Å². The van der Waals surface area contributed by atoms with Crippen LogP contribution in [0.4, 0.5) is 0 Å². The van der Waals surface area contributed by atoms with E-state index in [0.717, 1.165) is 24.0 Å². The zero-order valence-corrected chi connectivity index (χ0v) is 7.83. The molecule has 1 rings (SSSR count). The van der Waals surface area contributed by atoms with Crippen molar-refractivity contribution in [1.29, 1.82) is 5.26 Å². The lowest BCUT2D eigenvalue weighted by atomic mass is 10.1. The first-order chi connectivity index (χ1) is 6.36. The molecule has 1 aromatic rings. The highest BCUT2D eigenvalue weighted by Crippen LogP contribution is 2.06. The summed E-state index contributed by atoms with van der Waals surface area (Å²) in [6.07, 6.45) is 6.45. The summed E-state index contributed by atoms with van der Waals surface area (Å²) in [5, 5.41) is 8.66. The molecule has 0 heterocycles. The number of unbranched alkanes of at least 4 members (excludes halogenated alkanes) is 1. The Labute approximate surface area is 79.3 Å². The molecule has 66 valence electrons. The van der Waals surface area contributed by atoms with E-state index in [-0.39, 0.29) is 0 Å². The molecule has 1 aromatic carbocycles. The molecule has 13 heavy (non-hydrogen) atoms. The van der Waals surface area contributed by atoms with Crippen LogP contribution in [0.3, 0.4) is 0 Å². The average Bonchev–Trinajstić information content (AvgIpc) is 2.19. The van der Waals surface area contributed by atoms with Crippen LogP contribution >= 0.6 is 0 Å². The SMILES string of the molecule is CCC/C=C/c1cccc(C#N)c1. The molecule has 1 heteroatoms. The Hall–Kier alpha value is -1.55. The van der Waals surface area contributed by atoms with Crippen LogP contribution in [0.15, 0.2) is 30.3 Å². The lowest BCUT2D eigenvalue weighted by Crippen LogP contribution is -1.75. The van der Waals surface area contributed by atoms with Gasteiger partial charge in [0.2, 0.25) is 0 Å². The molecule has 0 aromatic heterocycles. The van der Waals surface area contributed by atoms with Crippen molar-refractivity contribution in [2.45, 2.75) is 19.8 Å². The summed E-state index contributed by atoms with van der Waals surface area (Å²) in [5.41, 5.74) is 1.83. The summed E-state index contributed by atoms with van der Waals surface area (Å²) >= 11 is 0. The molecule has 0 bridgehead atoms. The number of hydrogen-bond acceptors (Lipinski definition) is 1. The number of hydrogen-bond donors (Lipinski definition) is 0. The van der Waals surface area contributed by atoms with Gasteiger partial charge < -0.3 is 0 Å². The molecule has 0 aliphatic carbocycles. The van der Waals surface area contributed by atoms with Crippen LogP contribution < -0.4 is 0 Å². The standard InChI is InChI=1S/C12H13N/c1-2-3-4-6-11-7-5-8-12(9-11)10-13/h4-9H,2-3H2,1H3/b6-4+. The predicted octanol–water partition coefficient (Wildman–Crippen LogP) is 3.37. The molecule has 0 atom stereocenters. The molecule has 0 unspecified atom stereocenters. The van der Waals surface area contributed by atoms with Gasteiger partial charge in [0.1, 0.15) is 0 Å². The smallest absolute Gasteiger partial charge is 0.0991 e. The lowest BCUT2D eigenvalue weighted by molar-refractivity contribution is 0.962. The second-order valence-electron chi connectivity index (χ2n) is 2.93. The zero-order valence-electron chi connectivity index (χ0n) is 7.83. The second-order valence-corrected chi connectivity index (χ2v) is 2.93. The quantitative estimate of drug-likeness (QED) is 0.684. The maximum Gasteiger partial charge on any atom is 0.0991 e. The molecule has 1 nitrogen and oxygen atoms in total. The Morgan fingerprint density at radius 1 is 1.46 bits per heavy atom. The van der Waals surface area contributed by atoms with E-state index in [1.54, 1.807) is 0 Å². The van der Waals surface area contributed by atoms with Gasteiger partial charge in [0, 0.05) is 0 Å². The third kappa shape index (κ3) is 3.13. The fourth-order valence-corrected chi connectivity index (χ4v) is 1.10. The number of rotatable bonds is 3. The van der Waals surface area contributed by atoms with Crippen LogP contribution in [-0.4, -0.2) is 0 Å². The van der Waals surface area contributed by atoms with Crippen LogP contribution in [0.2, 0.25) is 0 Å². The van der Waals surface area contributed by atoms with Gasteiger partial charge in [-0.25, -0.2) is 0 Å². The van der Waals surface area contributed by atoms with E-state index in [4.69, 9.17) is 5.26 Å². The normalized spacial score (nSPS) is 10.2. The number of nitrogens with zero attached hydrogens (tertiary/aromatic N) is 1. The highest BCUT2D eigenvalue weighted by atomic mass is 14.2. The number of benzene rings is 1. The summed E-state index contributed by atoms with van der Waals surface area (Å²) in [4.78, 5) is 0. The molecule has 0 aliphatic heterocycles. The first kappa shape index (κ1) is 9.54. The van der Waals surface area contributed by atoms with Crippen molar-refractivity contribution < 1.29 is 0 Å². The van der Waals surface area contributed by atoms with Crippen molar-refractivity contribution in [3.05, 3.63) is 41.5 Å². The summed E-state index contributed by atoms with van der Waals surface area (Å²) in [7, 11) is 0. The minimum atomic E-state index is 0.721. The Balaban J connectivity index is 2.73. The highest BCUT2D eigenvalue weighted by Gasteiger charge is 1.89. The van der Waals surface area contributed by atoms with Crippen molar-refractivity contribution >= 4 is 6.08 Å². The van der Waals surface area contributed by atoms with E-state index < -0.39 is 0 Å². The third-order valence-electron chi connectivity index (χ3n) is 1.78. The van der Waals surface area contributed by atoms with E-state index in [1.807, 2.05) is 24.3 Å². The fourth-order valence-electron chi connectivity index (χ4n) is 1.10. The number of allylic oxidation sites excluding steroid dienone is 1. The van der Waals surface area contributed by atoms with Gasteiger partial charge in [0.05, 0.1) is 11.6 Å². The largest absolute Gasteiger partial charge is 0.192 e. The second kappa shape index (κ2) is 5.16. The third-order valence-corrected chi connectivity index (χ3v) is 1.78. The molecule has 0 fully saturated rings. The van der Waals surface area contributed by atoms with Crippen molar-refractivity contribution in [2.75, 3.05) is 0 Å². The van der Waals surface area contributed by atoms with Gasteiger partial charge in [-0.1, -0.05) is 37.6 Å². The van der Waals surface area contributed by atoms with Crippen LogP contribution in [0.25, 0.3) is 6.08 Å². The lowest BCUT2D eigenvalue weighted by Gasteiger charge is -1.93. The summed E-state index contributed by atoms with van der Waals surface area (Å²) in [5.74, 6) is 0. The predicted molar refractivity (Wildman–Crippen MR) is 55.1 cm³/mol. The van der Waals surface area contributed by atoms with E-state index >= 15 is 0 Å². The van der Waals surface area contributed by atoms with E-state index in [1.165, 1.54) is 0 Å². The minimum Gasteiger partial charge on any atom is -0.192 e. The van der Waals surface area contributed by atoms with Gasteiger partial charge in [0.25, 0.3) is 0 Å². The van der Waals surface area contributed by atoms with Crippen LogP contribution in [0.5, 0.6) is 0 Å². The molecule has 0 radical (unpaired) electrons. The molecular weight excluding hydrogens is 158 g/mol. The van der Waals surface area contributed by atoms with Crippen LogP contribution in [0, 0.1) is 11.3 Å². The Bertz CT molecular complexity index is 331. The Morgan fingerprint density at radius 3 is 3.00 bits per heavy atom. The minimum absolute atomic E-state index is 0.721. The molecule has 0 saturated carbocycles. The van der Waals surface area contributed by atoms with E-state index in [0.29, 0.717) is 0 Å². The van der Waals surface area contributed by atoms with Gasteiger partial charge >= 0.3 is 0 Å². The van der Waals surface area contributed by atoms with Gasteiger partial charge in [0.15, 0.2) is 0 Å². The number of nitriles is 1. The van der Waals surface area contributed by atoms with Gasteiger partial charge in [-0.05, 0) is 24.1 Å². The monoisotopic (exact) mass is 171 g/mol. The molecule has 0 amide bonds. The molecule has 0 spiro atoms. The van der Waals surface area contributed by atoms with Crippen molar-refractivity contribution in [3.63, 3.8) is 0 Å². The summed E-state index contributed by atoms with van der Waals surface area (Å²) < 4.78 is 0. The van der Waals surface area contributed by atoms with E-state index in [2.05, 4.69) is 25.1 Å². The first-order valence-electron chi connectivity index (χ1n) is 4.53. The first-order valence-corrected chi connectivity index (χ1v) is 4.53. The summed E-state index contributed by atoms with van der Waals surface area (Å²) in [6.45, 7) is 2.15. The van der Waals surface area contributed by atoms with Gasteiger partial charge in [-0.2, -0.15) is 5.26 Å². The van der Waals surface area contributed by atoms with Crippen molar-refractivity contribution in [2.24, 2.45) is 0 Å². The maximum atomic E-state index is 8.66. The van der Waals surface area contributed by atoms with Crippen LogP contribution in [0.1, 0.15) is 30.9 Å². The topological polar surface area (TPSA) is 23.8 Å². The summed E-state index contributed by atoms with van der Waals surface area (Å²) in [6, 6.07) is 9.75. The molecule has 0 saturated heterocycles. The van der Waals surface area contributed by atoms with Gasteiger partial charge in [-0.3, -0.25) is 0 Å². The molecular formula is C12H13N. The zero-order chi connectivity index (χ0) is 9.52. The van der Waals surface area contributed by atoms with Crippen molar-refractivity contribution in [1.82, 2.24) is 0 Å². The van der Waals surface area contributed by atoms with Crippen molar-refractivity contribution in [3.8, 4) is 6.07 Å². The van der Waals surface area contributed by atoms with E-state index in [9.17, 15) is 0 Å². The Morgan fingerprint density at radius 2 is 2.31 bits per heavy atom.